The predicted octanol–water partition coefficient (Wildman–Crippen LogP) is 2.90. The highest BCUT2D eigenvalue weighted by molar-refractivity contribution is 5.62. The van der Waals surface area contributed by atoms with Crippen LogP contribution in [0.1, 0.15) is 24.6 Å². The highest BCUT2D eigenvalue weighted by Crippen LogP contribution is 2.27. The molecule has 0 amide bonds. The van der Waals surface area contributed by atoms with Gasteiger partial charge >= 0.3 is 0 Å². The minimum Gasteiger partial charge on any atom is -0.494 e. The molecule has 0 atom stereocenters. The van der Waals surface area contributed by atoms with Crippen LogP contribution in [0.4, 0.5) is 0 Å². The first kappa shape index (κ1) is 12.6. The zero-order valence-electron chi connectivity index (χ0n) is 10.8. The quantitative estimate of drug-likeness (QED) is 0.881. The number of nitrogens with zero attached hydrogens (tertiary/aromatic N) is 1. The van der Waals surface area contributed by atoms with E-state index < -0.39 is 0 Å². The minimum atomic E-state index is 0.429. The summed E-state index contributed by atoms with van der Waals surface area (Å²) in [5, 5.41) is 3.95. The summed E-state index contributed by atoms with van der Waals surface area (Å²) in [6.45, 7) is 5.14. The van der Waals surface area contributed by atoms with Crippen molar-refractivity contribution in [1.29, 1.82) is 0 Å². The first-order chi connectivity index (χ1) is 8.76. The summed E-state index contributed by atoms with van der Waals surface area (Å²) >= 11 is 0. The van der Waals surface area contributed by atoms with Gasteiger partial charge in [0, 0.05) is 17.7 Å². The third-order valence-electron chi connectivity index (χ3n) is 2.78. The zero-order chi connectivity index (χ0) is 13.0. The van der Waals surface area contributed by atoms with E-state index in [1.54, 1.807) is 0 Å². The van der Waals surface area contributed by atoms with Gasteiger partial charge in [0.2, 0.25) is 0 Å². The van der Waals surface area contributed by atoms with Gasteiger partial charge in [-0.2, -0.15) is 0 Å². The fourth-order valence-electron chi connectivity index (χ4n) is 1.78. The average molecular weight is 246 g/mol. The largest absolute Gasteiger partial charge is 0.494 e. The number of hydrogen-bond acceptors (Lipinski definition) is 4. The number of aromatic nitrogens is 1. The number of rotatable bonds is 5. The van der Waals surface area contributed by atoms with E-state index in [0.29, 0.717) is 6.54 Å². The molecule has 0 aliphatic rings. The van der Waals surface area contributed by atoms with Gasteiger partial charge in [0.15, 0.2) is 5.76 Å². The second kappa shape index (κ2) is 5.69. The fourth-order valence-corrected chi connectivity index (χ4v) is 1.78. The Kier molecular flexibility index (Phi) is 3.99. The Morgan fingerprint density at radius 2 is 2.00 bits per heavy atom. The average Bonchev–Trinajstić information content (AvgIpc) is 2.78. The van der Waals surface area contributed by atoms with Crippen LogP contribution in [-0.4, -0.2) is 11.8 Å². The van der Waals surface area contributed by atoms with Crippen molar-refractivity contribution in [2.24, 2.45) is 5.73 Å². The molecule has 4 heteroatoms. The SMILES string of the molecule is CCCOc1ccc(-c2onc(C)c2CN)cc1. The van der Waals surface area contributed by atoms with Gasteiger partial charge in [-0.3, -0.25) is 0 Å². The summed E-state index contributed by atoms with van der Waals surface area (Å²) < 4.78 is 10.9. The van der Waals surface area contributed by atoms with Crippen LogP contribution in [0.3, 0.4) is 0 Å². The molecule has 0 unspecified atom stereocenters. The van der Waals surface area contributed by atoms with Crippen LogP contribution in [-0.2, 0) is 6.54 Å². The molecule has 96 valence electrons. The van der Waals surface area contributed by atoms with Crippen molar-refractivity contribution >= 4 is 0 Å². The molecule has 0 bridgehead atoms. The number of benzene rings is 1. The summed E-state index contributed by atoms with van der Waals surface area (Å²) in [6.07, 6.45) is 1.00. The predicted molar refractivity (Wildman–Crippen MR) is 70.4 cm³/mol. The van der Waals surface area contributed by atoms with E-state index in [4.69, 9.17) is 15.0 Å². The first-order valence-corrected chi connectivity index (χ1v) is 6.14. The van der Waals surface area contributed by atoms with E-state index in [1.807, 2.05) is 31.2 Å². The van der Waals surface area contributed by atoms with Crippen molar-refractivity contribution in [3.8, 4) is 17.1 Å². The Morgan fingerprint density at radius 3 is 2.61 bits per heavy atom. The molecular weight excluding hydrogens is 228 g/mol. The number of nitrogens with two attached hydrogens (primary N) is 1. The number of hydrogen-bond donors (Lipinski definition) is 1. The van der Waals surface area contributed by atoms with Crippen LogP contribution in [0.2, 0.25) is 0 Å². The summed E-state index contributed by atoms with van der Waals surface area (Å²) in [4.78, 5) is 0. The third kappa shape index (κ3) is 2.54. The lowest BCUT2D eigenvalue weighted by molar-refractivity contribution is 0.317. The minimum absolute atomic E-state index is 0.429. The van der Waals surface area contributed by atoms with Crippen molar-refractivity contribution in [1.82, 2.24) is 5.16 Å². The van der Waals surface area contributed by atoms with Gasteiger partial charge in [-0.25, -0.2) is 0 Å². The summed E-state index contributed by atoms with van der Waals surface area (Å²) in [6, 6.07) is 7.79. The lowest BCUT2D eigenvalue weighted by Crippen LogP contribution is -1.98. The fraction of sp³-hybridized carbons (Fsp3) is 0.357. The molecule has 1 heterocycles. The van der Waals surface area contributed by atoms with Crippen LogP contribution in [0.25, 0.3) is 11.3 Å². The molecule has 2 rings (SSSR count). The third-order valence-corrected chi connectivity index (χ3v) is 2.78. The van der Waals surface area contributed by atoms with E-state index in [0.717, 1.165) is 41.4 Å². The molecule has 4 nitrogen and oxygen atoms in total. The van der Waals surface area contributed by atoms with Crippen molar-refractivity contribution in [2.45, 2.75) is 26.8 Å². The number of aryl methyl sites for hydroxylation is 1. The maximum absolute atomic E-state index is 5.70. The van der Waals surface area contributed by atoms with E-state index in [9.17, 15) is 0 Å². The van der Waals surface area contributed by atoms with Gasteiger partial charge in [-0.05, 0) is 37.6 Å². The highest BCUT2D eigenvalue weighted by atomic mass is 16.5. The molecule has 2 aromatic rings. The lowest BCUT2D eigenvalue weighted by Gasteiger charge is -2.05. The Labute approximate surface area is 107 Å². The molecule has 0 fully saturated rings. The standard InChI is InChI=1S/C14H18N2O2/c1-3-8-17-12-6-4-11(5-7-12)14-13(9-15)10(2)16-18-14/h4-7H,3,8-9,15H2,1-2H3. The molecule has 0 spiro atoms. The maximum atomic E-state index is 5.70. The zero-order valence-corrected chi connectivity index (χ0v) is 10.8. The molecule has 1 aromatic carbocycles. The summed E-state index contributed by atoms with van der Waals surface area (Å²) in [5.74, 6) is 1.61. The van der Waals surface area contributed by atoms with Crippen LogP contribution in [0, 0.1) is 6.92 Å². The normalized spacial score (nSPS) is 10.6. The highest BCUT2D eigenvalue weighted by Gasteiger charge is 2.13. The maximum Gasteiger partial charge on any atom is 0.171 e. The van der Waals surface area contributed by atoms with Crippen molar-refractivity contribution in [2.75, 3.05) is 6.61 Å². The molecule has 0 aliphatic carbocycles. The van der Waals surface area contributed by atoms with Gasteiger partial charge in [-0.15, -0.1) is 0 Å². The van der Waals surface area contributed by atoms with E-state index in [-0.39, 0.29) is 0 Å². The van der Waals surface area contributed by atoms with E-state index in [2.05, 4.69) is 12.1 Å². The molecule has 0 saturated carbocycles. The summed E-state index contributed by atoms with van der Waals surface area (Å²) in [7, 11) is 0. The lowest BCUT2D eigenvalue weighted by atomic mass is 10.1. The second-order valence-corrected chi connectivity index (χ2v) is 4.15. The van der Waals surface area contributed by atoms with E-state index >= 15 is 0 Å². The number of ether oxygens (including phenoxy) is 1. The van der Waals surface area contributed by atoms with Crippen LogP contribution >= 0.6 is 0 Å². The monoisotopic (exact) mass is 246 g/mol. The molecule has 1 aromatic heterocycles. The molecule has 0 aliphatic heterocycles. The topological polar surface area (TPSA) is 61.3 Å². The Bertz CT molecular complexity index is 503. The van der Waals surface area contributed by atoms with Crippen molar-refractivity contribution in [3.63, 3.8) is 0 Å². The van der Waals surface area contributed by atoms with Crippen LogP contribution in [0.15, 0.2) is 28.8 Å². The molecule has 18 heavy (non-hydrogen) atoms. The van der Waals surface area contributed by atoms with E-state index in [1.165, 1.54) is 0 Å². The van der Waals surface area contributed by atoms with Gasteiger partial charge in [0.05, 0.1) is 12.3 Å². The Hall–Kier alpha value is -1.81. The second-order valence-electron chi connectivity index (χ2n) is 4.15. The Balaban J connectivity index is 2.23. The summed E-state index contributed by atoms with van der Waals surface area (Å²) in [5.41, 5.74) is 8.48. The van der Waals surface area contributed by atoms with Crippen LogP contribution in [0.5, 0.6) is 5.75 Å². The van der Waals surface area contributed by atoms with Gasteiger partial charge in [0.25, 0.3) is 0 Å². The van der Waals surface area contributed by atoms with Gasteiger partial charge < -0.3 is 15.0 Å². The molecular formula is C14H18N2O2. The molecule has 0 saturated heterocycles. The molecule has 0 radical (unpaired) electrons. The van der Waals surface area contributed by atoms with Gasteiger partial charge in [-0.1, -0.05) is 12.1 Å². The smallest absolute Gasteiger partial charge is 0.171 e. The Morgan fingerprint density at radius 1 is 1.28 bits per heavy atom. The molecule has 2 N–H and O–H groups in total. The van der Waals surface area contributed by atoms with Crippen molar-refractivity contribution in [3.05, 3.63) is 35.5 Å². The van der Waals surface area contributed by atoms with Crippen LogP contribution < -0.4 is 10.5 Å². The van der Waals surface area contributed by atoms with Gasteiger partial charge in [0.1, 0.15) is 5.75 Å². The van der Waals surface area contributed by atoms with Crippen molar-refractivity contribution < 1.29 is 9.26 Å². The first-order valence-electron chi connectivity index (χ1n) is 6.14.